The number of ether oxygens (including phenoxy) is 2. The molecule has 1 amide bonds. The molecule has 0 saturated heterocycles. The van der Waals surface area contributed by atoms with Crippen LogP contribution in [0.2, 0.25) is 0 Å². The molecule has 0 aliphatic heterocycles. The first-order valence-corrected chi connectivity index (χ1v) is 9.38. The monoisotopic (exact) mass is 395 g/mol. The Morgan fingerprint density at radius 1 is 1.21 bits per heavy atom. The van der Waals surface area contributed by atoms with Crippen molar-refractivity contribution in [2.45, 2.75) is 18.9 Å². The summed E-state index contributed by atoms with van der Waals surface area (Å²) < 4.78 is 23.8. The van der Waals surface area contributed by atoms with E-state index in [2.05, 4.69) is 15.3 Å². The van der Waals surface area contributed by atoms with Crippen molar-refractivity contribution in [1.82, 2.24) is 15.3 Å². The highest BCUT2D eigenvalue weighted by Crippen LogP contribution is 2.51. The Morgan fingerprint density at radius 3 is 2.72 bits per heavy atom. The number of aromatic nitrogens is 2. The first-order chi connectivity index (χ1) is 14.1. The van der Waals surface area contributed by atoms with Gasteiger partial charge in [0.05, 0.1) is 32.7 Å². The lowest BCUT2D eigenvalue weighted by Gasteiger charge is -2.10. The van der Waals surface area contributed by atoms with Gasteiger partial charge in [0.25, 0.3) is 0 Å². The number of nitrogens with one attached hydrogen (secondary N) is 2. The summed E-state index contributed by atoms with van der Waals surface area (Å²) in [6, 6.07) is 11.8. The Hall–Kier alpha value is -3.35. The van der Waals surface area contributed by atoms with Crippen molar-refractivity contribution < 1.29 is 18.7 Å². The fourth-order valence-corrected chi connectivity index (χ4v) is 3.49. The second-order valence-corrected chi connectivity index (χ2v) is 7.02. The van der Waals surface area contributed by atoms with Crippen molar-refractivity contribution in [3.05, 3.63) is 65.9 Å². The van der Waals surface area contributed by atoms with Crippen LogP contribution in [0.3, 0.4) is 0 Å². The van der Waals surface area contributed by atoms with Crippen LogP contribution in [0.1, 0.15) is 23.7 Å². The second kappa shape index (κ2) is 7.95. The summed E-state index contributed by atoms with van der Waals surface area (Å²) in [5, 5.41) is 2.94. The van der Waals surface area contributed by atoms with E-state index in [1.165, 1.54) is 12.1 Å². The zero-order chi connectivity index (χ0) is 20.4. The SMILES string of the molecule is COc1ccc(OC)c(C2CC2C(=O)NCc2ncc(-c3ccc(F)cc3)[nH]2)c1. The predicted octanol–water partition coefficient (Wildman–Crippen LogP) is 3.65. The van der Waals surface area contributed by atoms with Crippen molar-refractivity contribution in [3.8, 4) is 22.8 Å². The summed E-state index contributed by atoms with van der Waals surface area (Å²) in [7, 11) is 3.24. The molecule has 2 aromatic carbocycles. The molecule has 0 bridgehead atoms. The van der Waals surface area contributed by atoms with Crippen LogP contribution in [-0.4, -0.2) is 30.1 Å². The van der Waals surface area contributed by atoms with E-state index in [1.807, 2.05) is 18.2 Å². The van der Waals surface area contributed by atoms with Crippen LogP contribution < -0.4 is 14.8 Å². The molecule has 0 radical (unpaired) electrons. The Labute approximate surface area is 168 Å². The van der Waals surface area contributed by atoms with E-state index >= 15 is 0 Å². The molecule has 7 heteroatoms. The van der Waals surface area contributed by atoms with Crippen LogP contribution in [0.15, 0.2) is 48.7 Å². The maximum Gasteiger partial charge on any atom is 0.224 e. The van der Waals surface area contributed by atoms with E-state index in [0.717, 1.165) is 34.7 Å². The quantitative estimate of drug-likeness (QED) is 0.640. The van der Waals surface area contributed by atoms with Crippen molar-refractivity contribution in [3.63, 3.8) is 0 Å². The van der Waals surface area contributed by atoms with Gasteiger partial charge in [0.15, 0.2) is 0 Å². The summed E-state index contributed by atoms with van der Waals surface area (Å²) >= 11 is 0. The molecule has 150 valence electrons. The minimum atomic E-state index is -0.285. The third kappa shape index (κ3) is 4.08. The molecule has 2 N–H and O–H groups in total. The summed E-state index contributed by atoms with van der Waals surface area (Å²) in [6.45, 7) is 0.304. The van der Waals surface area contributed by atoms with Gasteiger partial charge in [-0.15, -0.1) is 0 Å². The third-order valence-electron chi connectivity index (χ3n) is 5.18. The molecule has 1 saturated carbocycles. The number of aromatic amines is 1. The highest BCUT2D eigenvalue weighted by molar-refractivity contribution is 5.83. The van der Waals surface area contributed by atoms with E-state index in [0.29, 0.717) is 12.4 Å². The van der Waals surface area contributed by atoms with Crippen molar-refractivity contribution in [2.75, 3.05) is 14.2 Å². The smallest absolute Gasteiger partial charge is 0.224 e. The normalized spacial score (nSPS) is 17.6. The molecule has 0 spiro atoms. The maximum absolute atomic E-state index is 13.1. The summed E-state index contributed by atoms with van der Waals surface area (Å²) in [5.41, 5.74) is 2.60. The third-order valence-corrected chi connectivity index (χ3v) is 5.18. The highest BCUT2D eigenvalue weighted by Gasteiger charge is 2.45. The number of benzene rings is 2. The number of amides is 1. The van der Waals surface area contributed by atoms with Gasteiger partial charge in [0, 0.05) is 17.4 Å². The Morgan fingerprint density at radius 2 is 2.00 bits per heavy atom. The van der Waals surface area contributed by atoms with Gasteiger partial charge in [0.2, 0.25) is 5.91 Å². The molecule has 4 rings (SSSR count). The number of halogens is 1. The minimum absolute atomic E-state index is 0.0143. The molecule has 2 unspecified atom stereocenters. The molecule has 1 aliphatic rings. The van der Waals surface area contributed by atoms with Gasteiger partial charge in [-0.1, -0.05) is 0 Å². The number of carbonyl (C=O) groups is 1. The van der Waals surface area contributed by atoms with Crippen LogP contribution in [0.4, 0.5) is 4.39 Å². The molecule has 29 heavy (non-hydrogen) atoms. The molecule has 1 aliphatic carbocycles. The lowest BCUT2D eigenvalue weighted by atomic mass is 10.1. The molecule has 2 atom stereocenters. The molecular weight excluding hydrogens is 373 g/mol. The lowest BCUT2D eigenvalue weighted by Crippen LogP contribution is -2.25. The topological polar surface area (TPSA) is 76.2 Å². The zero-order valence-corrected chi connectivity index (χ0v) is 16.2. The highest BCUT2D eigenvalue weighted by atomic mass is 19.1. The number of methoxy groups -OCH3 is 2. The largest absolute Gasteiger partial charge is 0.497 e. The van der Waals surface area contributed by atoms with E-state index in [4.69, 9.17) is 9.47 Å². The van der Waals surface area contributed by atoms with E-state index < -0.39 is 0 Å². The number of hydrogen-bond acceptors (Lipinski definition) is 4. The number of rotatable bonds is 7. The van der Waals surface area contributed by atoms with Gasteiger partial charge in [-0.05, 0) is 54.4 Å². The van der Waals surface area contributed by atoms with E-state index in [-0.39, 0.29) is 23.6 Å². The zero-order valence-electron chi connectivity index (χ0n) is 16.2. The fraction of sp³-hybridized carbons (Fsp3) is 0.273. The number of hydrogen-bond donors (Lipinski definition) is 2. The number of H-pyrrole nitrogens is 1. The standard InChI is InChI=1S/C22H22FN3O3/c1-28-15-7-8-20(29-2)17(9-15)16-10-18(16)22(27)25-12-21-24-11-19(26-21)13-3-5-14(23)6-4-13/h3-9,11,16,18H,10,12H2,1-2H3,(H,24,26)(H,25,27). The first kappa shape index (κ1) is 19.0. The molecule has 3 aromatic rings. The average molecular weight is 395 g/mol. The van der Waals surface area contributed by atoms with Crippen LogP contribution >= 0.6 is 0 Å². The Bertz CT molecular complexity index is 1020. The number of nitrogens with zero attached hydrogens (tertiary/aromatic N) is 1. The molecule has 6 nitrogen and oxygen atoms in total. The first-order valence-electron chi connectivity index (χ1n) is 9.38. The van der Waals surface area contributed by atoms with Gasteiger partial charge in [-0.25, -0.2) is 9.37 Å². The Balaban J connectivity index is 1.36. The number of imidazole rings is 1. The lowest BCUT2D eigenvalue weighted by molar-refractivity contribution is -0.122. The van der Waals surface area contributed by atoms with Gasteiger partial charge in [-0.2, -0.15) is 0 Å². The van der Waals surface area contributed by atoms with Crippen LogP contribution in [0, 0.1) is 11.7 Å². The maximum atomic E-state index is 13.1. The van der Waals surface area contributed by atoms with Crippen molar-refractivity contribution in [1.29, 1.82) is 0 Å². The summed E-state index contributed by atoms with van der Waals surface area (Å²) in [5.74, 6) is 1.88. The van der Waals surface area contributed by atoms with E-state index in [9.17, 15) is 9.18 Å². The second-order valence-electron chi connectivity index (χ2n) is 7.02. The molecular formula is C22H22FN3O3. The molecule has 1 fully saturated rings. The van der Waals surface area contributed by atoms with Crippen LogP contribution in [0.5, 0.6) is 11.5 Å². The predicted molar refractivity (Wildman–Crippen MR) is 106 cm³/mol. The van der Waals surface area contributed by atoms with Gasteiger partial charge >= 0.3 is 0 Å². The fourth-order valence-electron chi connectivity index (χ4n) is 3.49. The molecule has 1 heterocycles. The minimum Gasteiger partial charge on any atom is -0.497 e. The van der Waals surface area contributed by atoms with Gasteiger partial charge in [-0.3, -0.25) is 4.79 Å². The van der Waals surface area contributed by atoms with Crippen molar-refractivity contribution >= 4 is 5.91 Å². The van der Waals surface area contributed by atoms with Crippen LogP contribution in [0.25, 0.3) is 11.3 Å². The summed E-state index contributed by atoms with van der Waals surface area (Å²) in [6.07, 6.45) is 2.45. The number of carbonyl (C=O) groups excluding carboxylic acids is 1. The summed E-state index contributed by atoms with van der Waals surface area (Å²) in [4.78, 5) is 20.0. The van der Waals surface area contributed by atoms with Crippen molar-refractivity contribution in [2.24, 2.45) is 5.92 Å². The van der Waals surface area contributed by atoms with Gasteiger partial charge < -0.3 is 19.8 Å². The van der Waals surface area contributed by atoms with Gasteiger partial charge in [0.1, 0.15) is 23.1 Å². The molecule has 1 aromatic heterocycles. The van der Waals surface area contributed by atoms with E-state index in [1.54, 1.807) is 32.5 Å². The van der Waals surface area contributed by atoms with Crippen LogP contribution in [-0.2, 0) is 11.3 Å². The average Bonchev–Trinajstić information content (AvgIpc) is 3.41. The Kier molecular flexibility index (Phi) is 5.20.